The summed E-state index contributed by atoms with van der Waals surface area (Å²) in [6.07, 6.45) is 1.24. The quantitative estimate of drug-likeness (QED) is 0.725. The number of hydrogen-bond acceptors (Lipinski definition) is 4. The molecule has 92 valence electrons. The zero-order valence-corrected chi connectivity index (χ0v) is 9.25. The third kappa shape index (κ3) is 2.70. The molecule has 0 spiro atoms. The Morgan fingerprint density at radius 1 is 1.39 bits per heavy atom. The molecule has 0 atom stereocenters. The van der Waals surface area contributed by atoms with Crippen molar-refractivity contribution in [3.05, 3.63) is 47.5 Å². The topological polar surface area (TPSA) is 108 Å². The number of carbonyl (C=O) groups excluding carboxylic acids is 1. The molecule has 0 aliphatic rings. The SMILES string of the molecule is O=C(O)c1cccc(CNC(=O)c2ncn[nH]2)c1. The van der Waals surface area contributed by atoms with Crippen molar-refractivity contribution in [2.24, 2.45) is 0 Å². The highest BCUT2D eigenvalue weighted by atomic mass is 16.4. The molecular formula is C11H10N4O3. The zero-order chi connectivity index (χ0) is 13.0. The number of carboxylic acid groups (broad SMARTS) is 1. The average Bonchev–Trinajstić information content (AvgIpc) is 2.90. The van der Waals surface area contributed by atoms with Crippen molar-refractivity contribution < 1.29 is 14.7 Å². The molecule has 0 bridgehead atoms. The number of aromatic carboxylic acids is 1. The lowest BCUT2D eigenvalue weighted by Crippen LogP contribution is -2.24. The molecule has 0 unspecified atom stereocenters. The fraction of sp³-hybridized carbons (Fsp3) is 0.0909. The van der Waals surface area contributed by atoms with Gasteiger partial charge >= 0.3 is 5.97 Å². The van der Waals surface area contributed by atoms with E-state index < -0.39 is 11.9 Å². The van der Waals surface area contributed by atoms with Crippen LogP contribution in [-0.4, -0.2) is 32.2 Å². The van der Waals surface area contributed by atoms with E-state index >= 15 is 0 Å². The van der Waals surface area contributed by atoms with Gasteiger partial charge < -0.3 is 10.4 Å². The van der Waals surface area contributed by atoms with Gasteiger partial charge in [-0.05, 0) is 17.7 Å². The molecule has 0 radical (unpaired) electrons. The molecule has 0 saturated carbocycles. The minimum atomic E-state index is -1.00. The molecule has 7 nitrogen and oxygen atoms in total. The van der Waals surface area contributed by atoms with E-state index in [9.17, 15) is 9.59 Å². The Morgan fingerprint density at radius 3 is 2.89 bits per heavy atom. The van der Waals surface area contributed by atoms with Gasteiger partial charge in [-0.2, -0.15) is 5.10 Å². The minimum absolute atomic E-state index is 0.115. The number of rotatable bonds is 4. The van der Waals surface area contributed by atoms with Gasteiger partial charge in [-0.1, -0.05) is 12.1 Å². The number of carboxylic acids is 1. The van der Waals surface area contributed by atoms with E-state index in [1.807, 2.05) is 0 Å². The Balaban J connectivity index is 2.00. The average molecular weight is 246 g/mol. The van der Waals surface area contributed by atoms with Crippen LogP contribution in [0.1, 0.15) is 26.5 Å². The molecule has 1 aromatic carbocycles. The fourth-order valence-electron chi connectivity index (χ4n) is 1.40. The van der Waals surface area contributed by atoms with Gasteiger partial charge in [0, 0.05) is 6.54 Å². The second kappa shape index (κ2) is 5.09. The van der Waals surface area contributed by atoms with Gasteiger partial charge in [-0.15, -0.1) is 0 Å². The highest BCUT2D eigenvalue weighted by Crippen LogP contribution is 2.05. The molecule has 3 N–H and O–H groups in total. The first kappa shape index (κ1) is 11.8. The van der Waals surface area contributed by atoms with Gasteiger partial charge in [0.05, 0.1) is 5.56 Å². The van der Waals surface area contributed by atoms with E-state index in [0.29, 0.717) is 5.56 Å². The van der Waals surface area contributed by atoms with Crippen LogP contribution in [0.3, 0.4) is 0 Å². The molecular weight excluding hydrogens is 236 g/mol. The predicted octanol–water partition coefficient (Wildman–Crippen LogP) is 0.433. The van der Waals surface area contributed by atoms with Gasteiger partial charge in [0.2, 0.25) is 5.82 Å². The molecule has 0 saturated heterocycles. The van der Waals surface area contributed by atoms with Gasteiger partial charge in [-0.25, -0.2) is 9.78 Å². The number of nitrogens with one attached hydrogen (secondary N) is 2. The maximum absolute atomic E-state index is 11.5. The van der Waals surface area contributed by atoms with Crippen LogP contribution >= 0.6 is 0 Å². The summed E-state index contributed by atoms with van der Waals surface area (Å²) < 4.78 is 0. The molecule has 0 aliphatic heterocycles. The Labute approximate surface area is 102 Å². The summed E-state index contributed by atoms with van der Waals surface area (Å²) in [6.45, 7) is 0.223. The van der Waals surface area contributed by atoms with Gasteiger partial charge in [-0.3, -0.25) is 9.89 Å². The summed E-state index contributed by atoms with van der Waals surface area (Å²) in [5.74, 6) is -1.28. The van der Waals surface area contributed by atoms with E-state index in [1.165, 1.54) is 18.5 Å². The lowest BCUT2D eigenvalue weighted by Gasteiger charge is -2.04. The van der Waals surface area contributed by atoms with Crippen LogP contribution < -0.4 is 5.32 Å². The van der Waals surface area contributed by atoms with E-state index in [-0.39, 0.29) is 17.9 Å². The summed E-state index contributed by atoms with van der Waals surface area (Å²) in [5, 5.41) is 17.4. The number of nitrogens with zero attached hydrogens (tertiary/aromatic N) is 2. The Bertz CT molecular complexity index is 565. The third-order valence-electron chi connectivity index (χ3n) is 2.26. The normalized spacial score (nSPS) is 10.0. The zero-order valence-electron chi connectivity index (χ0n) is 9.25. The highest BCUT2D eigenvalue weighted by molar-refractivity contribution is 5.90. The molecule has 0 fully saturated rings. The molecule has 2 rings (SSSR count). The van der Waals surface area contributed by atoms with E-state index in [0.717, 1.165) is 0 Å². The van der Waals surface area contributed by atoms with Gasteiger partial charge in [0.25, 0.3) is 5.91 Å². The van der Waals surface area contributed by atoms with Crippen molar-refractivity contribution in [2.75, 3.05) is 0 Å². The number of aromatic amines is 1. The van der Waals surface area contributed by atoms with Crippen molar-refractivity contribution in [1.29, 1.82) is 0 Å². The van der Waals surface area contributed by atoms with Crippen LogP contribution in [0.5, 0.6) is 0 Å². The fourth-order valence-corrected chi connectivity index (χ4v) is 1.40. The largest absolute Gasteiger partial charge is 0.478 e. The van der Waals surface area contributed by atoms with E-state index in [1.54, 1.807) is 12.1 Å². The number of aromatic nitrogens is 3. The van der Waals surface area contributed by atoms with Gasteiger partial charge in [0.15, 0.2) is 0 Å². The smallest absolute Gasteiger partial charge is 0.335 e. The maximum Gasteiger partial charge on any atom is 0.335 e. The van der Waals surface area contributed by atoms with Crippen molar-refractivity contribution >= 4 is 11.9 Å². The molecule has 7 heteroatoms. The van der Waals surface area contributed by atoms with Crippen molar-refractivity contribution in [3.63, 3.8) is 0 Å². The van der Waals surface area contributed by atoms with Crippen LogP contribution in [0, 0.1) is 0 Å². The highest BCUT2D eigenvalue weighted by Gasteiger charge is 2.08. The van der Waals surface area contributed by atoms with Crippen LogP contribution in [0.15, 0.2) is 30.6 Å². The van der Waals surface area contributed by atoms with Crippen LogP contribution in [-0.2, 0) is 6.54 Å². The van der Waals surface area contributed by atoms with E-state index in [2.05, 4.69) is 20.5 Å². The summed E-state index contributed by atoms with van der Waals surface area (Å²) in [4.78, 5) is 26.0. The Kier molecular flexibility index (Phi) is 3.33. The number of H-pyrrole nitrogens is 1. The summed E-state index contributed by atoms with van der Waals surface area (Å²) in [5.41, 5.74) is 0.879. The first-order valence-electron chi connectivity index (χ1n) is 5.12. The van der Waals surface area contributed by atoms with Crippen molar-refractivity contribution in [1.82, 2.24) is 20.5 Å². The standard InChI is InChI=1S/C11H10N4O3/c16-10(9-13-6-14-15-9)12-5-7-2-1-3-8(4-7)11(17)18/h1-4,6H,5H2,(H,12,16)(H,17,18)(H,13,14,15). The third-order valence-corrected chi connectivity index (χ3v) is 2.26. The summed E-state index contributed by atoms with van der Waals surface area (Å²) in [6, 6.07) is 6.35. The van der Waals surface area contributed by atoms with Crippen LogP contribution in [0.4, 0.5) is 0 Å². The maximum atomic E-state index is 11.5. The van der Waals surface area contributed by atoms with Crippen molar-refractivity contribution in [3.8, 4) is 0 Å². The number of benzene rings is 1. The lowest BCUT2D eigenvalue weighted by molar-refractivity contribution is 0.0696. The first-order valence-corrected chi connectivity index (χ1v) is 5.12. The first-order chi connectivity index (χ1) is 8.66. The number of hydrogen-bond donors (Lipinski definition) is 3. The summed E-state index contributed by atoms with van der Waals surface area (Å²) >= 11 is 0. The molecule has 1 aromatic heterocycles. The summed E-state index contributed by atoms with van der Waals surface area (Å²) in [7, 11) is 0. The predicted molar refractivity (Wildman–Crippen MR) is 61.0 cm³/mol. The molecule has 2 aromatic rings. The second-order valence-electron chi connectivity index (χ2n) is 3.52. The minimum Gasteiger partial charge on any atom is -0.478 e. The van der Waals surface area contributed by atoms with Gasteiger partial charge in [0.1, 0.15) is 6.33 Å². The van der Waals surface area contributed by atoms with Crippen LogP contribution in [0.25, 0.3) is 0 Å². The van der Waals surface area contributed by atoms with E-state index in [4.69, 9.17) is 5.11 Å². The van der Waals surface area contributed by atoms with Crippen molar-refractivity contribution in [2.45, 2.75) is 6.54 Å². The number of amides is 1. The Morgan fingerprint density at radius 2 is 2.22 bits per heavy atom. The number of carbonyl (C=O) groups is 2. The molecule has 1 amide bonds. The monoisotopic (exact) mass is 246 g/mol. The lowest BCUT2D eigenvalue weighted by atomic mass is 10.1. The van der Waals surface area contributed by atoms with Crippen LogP contribution in [0.2, 0.25) is 0 Å². The second-order valence-corrected chi connectivity index (χ2v) is 3.52. The Hall–Kier alpha value is -2.70. The molecule has 18 heavy (non-hydrogen) atoms. The molecule has 1 heterocycles. The molecule has 0 aliphatic carbocycles.